The number of aromatic nitrogens is 2. The normalized spacial score (nSPS) is 12.7. The van der Waals surface area contributed by atoms with E-state index in [1.165, 1.54) is 4.57 Å². The summed E-state index contributed by atoms with van der Waals surface area (Å²) in [6.07, 6.45) is 3.27. The summed E-state index contributed by atoms with van der Waals surface area (Å²) >= 11 is 11.2. The molecule has 0 fully saturated rings. The zero-order valence-electron chi connectivity index (χ0n) is 17.5. The molecular weight excluding hydrogens is 470 g/mol. The van der Waals surface area contributed by atoms with Gasteiger partial charge >= 0.3 is 0 Å². The van der Waals surface area contributed by atoms with E-state index in [9.17, 15) is 14.7 Å². The van der Waals surface area contributed by atoms with Gasteiger partial charge in [0.25, 0.3) is 5.56 Å². The van der Waals surface area contributed by atoms with Gasteiger partial charge in [0.05, 0.1) is 11.0 Å². The Balaban J connectivity index is 1.58. The number of nitrogens with zero attached hydrogens (tertiary/aromatic N) is 2. The van der Waals surface area contributed by atoms with Gasteiger partial charge < -0.3 is 5.11 Å². The minimum atomic E-state index is -0.520. The maximum Gasteiger partial charge on any atom is 0.262 e. The van der Waals surface area contributed by atoms with E-state index in [-0.39, 0.29) is 22.0 Å². The van der Waals surface area contributed by atoms with Gasteiger partial charge in [0.2, 0.25) is 11.7 Å². The van der Waals surface area contributed by atoms with E-state index in [1.54, 1.807) is 78.9 Å². The molecular formula is C26H16ClN3O3S. The molecule has 1 aliphatic rings. The maximum absolute atomic E-state index is 12.7. The van der Waals surface area contributed by atoms with Crippen LogP contribution in [0.3, 0.4) is 0 Å². The number of aromatic hydroxyl groups is 1. The average molecular weight is 486 g/mol. The number of benzene rings is 3. The second-order valence-electron chi connectivity index (χ2n) is 7.61. The second kappa shape index (κ2) is 8.70. The highest BCUT2D eigenvalue weighted by atomic mass is 35.5. The predicted molar refractivity (Wildman–Crippen MR) is 133 cm³/mol. The topological polar surface area (TPSA) is 87.5 Å². The summed E-state index contributed by atoms with van der Waals surface area (Å²) in [4.78, 5) is 32.4. The Labute approximate surface area is 203 Å². The lowest BCUT2D eigenvalue weighted by Gasteiger charge is -2.11. The summed E-state index contributed by atoms with van der Waals surface area (Å²) in [5, 5.41) is 12.8. The number of Topliss-reactive ketones (excluding diaryl/α,β-unsaturated/α-hetero) is 1. The van der Waals surface area contributed by atoms with Crippen molar-refractivity contribution in [3.05, 3.63) is 126 Å². The maximum atomic E-state index is 12.7. The molecule has 0 atom stereocenters. The van der Waals surface area contributed by atoms with Gasteiger partial charge in [-0.3, -0.25) is 19.1 Å². The fourth-order valence-corrected chi connectivity index (χ4v) is 4.12. The van der Waals surface area contributed by atoms with Crippen molar-refractivity contribution in [3.63, 3.8) is 0 Å². The fraction of sp³-hybridized carbons (Fsp3) is 0. The van der Waals surface area contributed by atoms with Crippen LogP contribution in [0.1, 0.15) is 21.5 Å². The van der Waals surface area contributed by atoms with Crippen LogP contribution in [0.15, 0.2) is 88.3 Å². The molecule has 0 aliphatic carbocycles. The minimum Gasteiger partial charge on any atom is -0.494 e. The van der Waals surface area contributed by atoms with Crippen molar-refractivity contribution < 1.29 is 9.90 Å². The molecule has 2 N–H and O–H groups in total. The predicted octanol–water partition coefficient (Wildman–Crippen LogP) is 3.94. The Hall–Kier alpha value is -4.07. The molecule has 1 aromatic heterocycles. The molecule has 0 saturated heterocycles. The number of carbonyl (C=O) groups excluding carboxylic acids is 1. The van der Waals surface area contributed by atoms with Crippen molar-refractivity contribution in [2.45, 2.75) is 0 Å². The van der Waals surface area contributed by atoms with Crippen LogP contribution in [-0.4, -0.2) is 20.4 Å². The van der Waals surface area contributed by atoms with Crippen molar-refractivity contribution in [1.82, 2.24) is 9.55 Å². The monoisotopic (exact) mass is 485 g/mol. The Morgan fingerprint density at radius 3 is 2.53 bits per heavy atom. The lowest BCUT2D eigenvalue weighted by molar-refractivity contribution is 0.103. The summed E-state index contributed by atoms with van der Waals surface area (Å²) in [5.41, 5.74) is 1.72. The number of halogens is 1. The first-order valence-electron chi connectivity index (χ1n) is 10.3. The number of carbonyl (C=O) groups is 1. The summed E-state index contributed by atoms with van der Waals surface area (Å²) in [5.74, 6) is -0.460. The number of allylic oxidation sites excluding steroid dienone is 1. The van der Waals surface area contributed by atoms with Gasteiger partial charge in [-0.05, 0) is 66.0 Å². The molecule has 0 spiro atoms. The molecule has 8 heteroatoms. The van der Waals surface area contributed by atoms with Gasteiger partial charge in [-0.25, -0.2) is 4.99 Å². The highest BCUT2D eigenvalue weighted by Crippen LogP contribution is 2.22. The first kappa shape index (κ1) is 21.8. The largest absolute Gasteiger partial charge is 0.494 e. The SMILES string of the molecule is O=C(C1=Cc2cc(=Cc3c(O)n(-c4ccc(Cl)cc4)c(=S)[nH]c3=O)ccc2=N1)c1ccccc1. The van der Waals surface area contributed by atoms with Crippen LogP contribution in [0.25, 0.3) is 17.8 Å². The molecule has 5 rings (SSSR count). The number of rotatable bonds is 4. The third kappa shape index (κ3) is 4.03. The van der Waals surface area contributed by atoms with E-state index < -0.39 is 5.56 Å². The van der Waals surface area contributed by atoms with Crippen molar-refractivity contribution in [2.24, 2.45) is 4.99 Å². The molecule has 1 aliphatic heterocycles. The third-order valence-corrected chi connectivity index (χ3v) is 5.91. The third-order valence-electron chi connectivity index (χ3n) is 5.37. The lowest BCUT2D eigenvalue weighted by atomic mass is 10.1. The van der Waals surface area contributed by atoms with E-state index in [0.717, 1.165) is 5.56 Å². The molecule has 34 heavy (non-hydrogen) atoms. The van der Waals surface area contributed by atoms with Crippen LogP contribution in [0.5, 0.6) is 5.88 Å². The lowest BCUT2D eigenvalue weighted by Crippen LogP contribution is -2.18. The zero-order chi connectivity index (χ0) is 23.8. The molecule has 6 nitrogen and oxygen atoms in total. The van der Waals surface area contributed by atoms with Crippen LogP contribution < -0.4 is 16.1 Å². The average Bonchev–Trinajstić information content (AvgIpc) is 3.26. The van der Waals surface area contributed by atoms with E-state index in [1.807, 2.05) is 6.07 Å². The van der Waals surface area contributed by atoms with E-state index in [4.69, 9.17) is 23.8 Å². The van der Waals surface area contributed by atoms with Crippen LogP contribution in [0.2, 0.25) is 5.02 Å². The summed E-state index contributed by atoms with van der Waals surface area (Å²) < 4.78 is 1.42. The van der Waals surface area contributed by atoms with Crippen molar-refractivity contribution >= 4 is 41.8 Å². The molecule has 166 valence electrons. The zero-order valence-corrected chi connectivity index (χ0v) is 19.1. The molecule has 3 aromatic carbocycles. The van der Waals surface area contributed by atoms with Crippen molar-refractivity contribution in [3.8, 4) is 11.6 Å². The minimum absolute atomic E-state index is 0.0444. The molecule has 2 heterocycles. The second-order valence-corrected chi connectivity index (χ2v) is 8.43. The van der Waals surface area contributed by atoms with Crippen LogP contribution in [0, 0.1) is 4.77 Å². The van der Waals surface area contributed by atoms with Crippen molar-refractivity contribution in [1.29, 1.82) is 0 Å². The van der Waals surface area contributed by atoms with E-state index >= 15 is 0 Å². The quantitative estimate of drug-likeness (QED) is 0.338. The van der Waals surface area contributed by atoms with Crippen molar-refractivity contribution in [2.75, 3.05) is 0 Å². The first-order valence-corrected chi connectivity index (χ1v) is 11.1. The molecule has 0 unspecified atom stereocenters. The van der Waals surface area contributed by atoms with Gasteiger partial charge in [-0.15, -0.1) is 0 Å². The number of aromatic amines is 1. The number of nitrogens with one attached hydrogen (secondary N) is 1. The standard InChI is InChI=1S/C26H16ClN3O3S/c27-18-7-9-19(10-8-18)30-25(33)20(24(32)29-26(30)34)13-15-6-11-21-17(12-15)14-22(28-21)23(31)16-4-2-1-3-5-16/h1-14,33H,(H,29,32,34). The molecule has 0 radical (unpaired) electrons. The molecule has 4 aromatic rings. The van der Waals surface area contributed by atoms with Crippen LogP contribution >= 0.6 is 23.8 Å². The molecule has 0 saturated carbocycles. The fourth-order valence-electron chi connectivity index (χ4n) is 3.71. The summed E-state index contributed by atoms with van der Waals surface area (Å²) in [7, 11) is 0. The van der Waals surface area contributed by atoms with E-state index in [2.05, 4.69) is 9.98 Å². The van der Waals surface area contributed by atoms with Gasteiger partial charge in [-0.2, -0.15) is 0 Å². The first-order chi connectivity index (χ1) is 16.4. The van der Waals surface area contributed by atoms with Gasteiger partial charge in [0, 0.05) is 16.1 Å². The van der Waals surface area contributed by atoms with Crippen LogP contribution in [-0.2, 0) is 0 Å². The summed E-state index contributed by atoms with van der Waals surface area (Å²) in [6.45, 7) is 0. The Morgan fingerprint density at radius 2 is 1.79 bits per heavy atom. The number of hydrogen-bond acceptors (Lipinski definition) is 5. The Morgan fingerprint density at radius 1 is 1.06 bits per heavy atom. The number of fused-ring (bicyclic) bond motifs is 1. The number of ketones is 1. The van der Waals surface area contributed by atoms with Gasteiger partial charge in [-0.1, -0.05) is 48.0 Å². The molecule has 0 bridgehead atoms. The Bertz CT molecular complexity index is 1720. The van der Waals surface area contributed by atoms with E-state index in [0.29, 0.717) is 32.5 Å². The highest BCUT2D eigenvalue weighted by Gasteiger charge is 2.16. The van der Waals surface area contributed by atoms with Crippen LogP contribution in [0.4, 0.5) is 0 Å². The highest BCUT2D eigenvalue weighted by molar-refractivity contribution is 7.71. The molecule has 0 amide bonds. The number of hydrogen-bond donors (Lipinski definition) is 2. The smallest absolute Gasteiger partial charge is 0.262 e. The Kier molecular flexibility index (Phi) is 5.57. The van der Waals surface area contributed by atoms with Gasteiger partial charge in [0.15, 0.2) is 4.77 Å². The summed E-state index contributed by atoms with van der Waals surface area (Å²) in [6, 6.07) is 21.0. The van der Waals surface area contributed by atoms with Gasteiger partial charge in [0.1, 0.15) is 11.3 Å². The number of H-pyrrole nitrogens is 1.